The van der Waals surface area contributed by atoms with E-state index in [4.69, 9.17) is 15.6 Å². The second-order valence-corrected chi connectivity index (χ2v) is 8.95. The molecule has 0 spiro atoms. The van der Waals surface area contributed by atoms with Crippen LogP contribution in [0.15, 0.2) is 33.5 Å². The van der Waals surface area contributed by atoms with Crippen LogP contribution in [-0.4, -0.2) is 35.3 Å². The van der Waals surface area contributed by atoms with Crippen molar-refractivity contribution in [2.45, 2.75) is 26.7 Å². The highest BCUT2D eigenvalue weighted by molar-refractivity contribution is 6.03. The Labute approximate surface area is 201 Å². The number of methoxy groups -OCH3 is 1. The minimum absolute atomic E-state index is 0.0166. The number of nitrogens with zero attached hydrogens (tertiary/aromatic N) is 3. The minimum atomic E-state index is -0.633. The van der Waals surface area contributed by atoms with Gasteiger partial charge in [-0.05, 0) is 49.3 Å². The van der Waals surface area contributed by atoms with Crippen molar-refractivity contribution < 1.29 is 18.7 Å². The lowest BCUT2D eigenvalue weighted by atomic mass is 9.95. The number of benzene rings is 2. The maximum absolute atomic E-state index is 14.6. The predicted molar refractivity (Wildman–Crippen MR) is 132 cm³/mol. The van der Waals surface area contributed by atoms with E-state index in [9.17, 15) is 14.3 Å². The first kappa shape index (κ1) is 22.7. The van der Waals surface area contributed by atoms with Crippen molar-refractivity contribution in [1.82, 2.24) is 9.97 Å². The second-order valence-electron chi connectivity index (χ2n) is 8.95. The van der Waals surface area contributed by atoms with Gasteiger partial charge < -0.3 is 19.2 Å². The molecule has 1 unspecified atom stereocenters. The van der Waals surface area contributed by atoms with Gasteiger partial charge in [-0.1, -0.05) is 18.9 Å². The van der Waals surface area contributed by atoms with Crippen LogP contribution in [0.5, 0.6) is 11.8 Å². The van der Waals surface area contributed by atoms with Gasteiger partial charge in [0.15, 0.2) is 5.82 Å². The zero-order valence-corrected chi connectivity index (χ0v) is 19.7. The summed E-state index contributed by atoms with van der Waals surface area (Å²) in [5.41, 5.74) is 0.571. The lowest BCUT2D eigenvalue weighted by Gasteiger charge is -2.32. The van der Waals surface area contributed by atoms with E-state index in [1.54, 1.807) is 6.92 Å². The number of piperidine rings is 1. The molecule has 1 saturated heterocycles. The maximum atomic E-state index is 14.6. The van der Waals surface area contributed by atoms with Crippen molar-refractivity contribution in [3.63, 3.8) is 0 Å². The zero-order chi connectivity index (χ0) is 24.9. The van der Waals surface area contributed by atoms with E-state index in [1.165, 1.54) is 31.4 Å². The number of aromatic nitrogens is 2. The van der Waals surface area contributed by atoms with Crippen LogP contribution < -0.4 is 15.3 Å². The van der Waals surface area contributed by atoms with Gasteiger partial charge in [0.25, 0.3) is 0 Å². The Morgan fingerprint density at radius 3 is 2.80 bits per heavy atom. The fourth-order valence-corrected chi connectivity index (χ4v) is 4.92. The summed E-state index contributed by atoms with van der Waals surface area (Å²) in [6.45, 7) is 5.41. The molecule has 0 bridgehead atoms. The summed E-state index contributed by atoms with van der Waals surface area (Å²) in [5, 5.41) is 11.5. The largest absolute Gasteiger partial charge is 0.508 e. The average Bonchev–Trinajstić information content (AvgIpc) is 2.85. The number of phenolic OH excluding ortho intramolecular Hbond substituents is 1. The molecule has 0 amide bonds. The number of ether oxygens (including phenoxy) is 1. The van der Waals surface area contributed by atoms with E-state index in [-0.39, 0.29) is 28.5 Å². The summed E-state index contributed by atoms with van der Waals surface area (Å²) in [6, 6.07) is 5.78. The Kier molecular flexibility index (Phi) is 5.56. The lowest BCUT2D eigenvalue weighted by Crippen LogP contribution is -2.35. The van der Waals surface area contributed by atoms with Gasteiger partial charge in [-0.25, -0.2) is 9.18 Å². The summed E-state index contributed by atoms with van der Waals surface area (Å²) >= 11 is 0. The monoisotopic (exact) mass is 473 g/mol. The first-order chi connectivity index (χ1) is 16.8. The fourth-order valence-electron chi connectivity index (χ4n) is 4.92. The number of fused-ring (bicyclic) bond motifs is 2. The molecule has 1 fully saturated rings. The Hall–Kier alpha value is -4.12. The molecule has 5 rings (SSSR count). The summed E-state index contributed by atoms with van der Waals surface area (Å²) in [6.07, 6.45) is 7.71. The number of hydrogen-bond acceptors (Lipinski definition) is 7. The molecule has 2 aromatic heterocycles. The second kappa shape index (κ2) is 8.58. The zero-order valence-electron chi connectivity index (χ0n) is 19.7. The number of phenols is 1. The van der Waals surface area contributed by atoms with Gasteiger partial charge in [-0.2, -0.15) is 9.97 Å². The van der Waals surface area contributed by atoms with Crippen molar-refractivity contribution in [3.8, 4) is 35.4 Å². The number of halogens is 1. The molecule has 3 heterocycles. The van der Waals surface area contributed by atoms with E-state index >= 15 is 0 Å². The number of hydrogen-bond donors (Lipinski definition) is 1. The summed E-state index contributed by atoms with van der Waals surface area (Å²) in [5.74, 6) is 2.78. The molecule has 1 aliphatic rings. The molecular formula is C27H24FN3O4. The van der Waals surface area contributed by atoms with Gasteiger partial charge in [0.05, 0.1) is 18.2 Å². The average molecular weight is 474 g/mol. The van der Waals surface area contributed by atoms with Gasteiger partial charge in [0.1, 0.15) is 22.7 Å². The molecule has 7 nitrogen and oxygen atoms in total. The topological polar surface area (TPSA) is 88.7 Å². The Bertz CT molecular complexity index is 1590. The van der Waals surface area contributed by atoms with Crippen molar-refractivity contribution in [2.75, 3.05) is 25.1 Å². The number of rotatable bonds is 3. The Morgan fingerprint density at radius 2 is 2.09 bits per heavy atom. The van der Waals surface area contributed by atoms with E-state index in [0.717, 1.165) is 25.9 Å². The summed E-state index contributed by atoms with van der Waals surface area (Å²) in [7, 11) is 1.47. The molecule has 1 atom stereocenters. The molecule has 4 aromatic rings. The van der Waals surface area contributed by atoms with Crippen LogP contribution in [0.2, 0.25) is 0 Å². The normalized spacial score (nSPS) is 16.0. The first-order valence-corrected chi connectivity index (χ1v) is 11.4. The molecular weight excluding hydrogens is 449 g/mol. The van der Waals surface area contributed by atoms with Crippen molar-refractivity contribution in [3.05, 3.63) is 51.6 Å². The molecule has 1 N–H and O–H groups in total. The van der Waals surface area contributed by atoms with Crippen molar-refractivity contribution in [1.29, 1.82) is 0 Å². The molecule has 35 heavy (non-hydrogen) atoms. The highest BCUT2D eigenvalue weighted by atomic mass is 19.1. The number of terminal acetylenes is 1. The first-order valence-electron chi connectivity index (χ1n) is 11.4. The quantitative estimate of drug-likeness (QED) is 0.428. The molecule has 0 radical (unpaired) electrons. The van der Waals surface area contributed by atoms with Crippen LogP contribution in [0.4, 0.5) is 10.2 Å². The van der Waals surface area contributed by atoms with Crippen molar-refractivity contribution >= 4 is 27.5 Å². The summed E-state index contributed by atoms with van der Waals surface area (Å²) in [4.78, 5) is 24.5. The maximum Gasteiger partial charge on any atom is 0.349 e. The molecule has 8 heteroatoms. The third-order valence-corrected chi connectivity index (χ3v) is 6.54. The minimum Gasteiger partial charge on any atom is -0.508 e. The van der Waals surface area contributed by atoms with Crippen LogP contribution in [0.1, 0.15) is 30.9 Å². The summed E-state index contributed by atoms with van der Waals surface area (Å²) < 4.78 is 25.8. The predicted octanol–water partition coefficient (Wildman–Crippen LogP) is 4.78. The third-order valence-electron chi connectivity index (χ3n) is 6.54. The SMILES string of the molecule is C#Cc1c(F)ccc2cc(O)cc(-c3oc(=O)c4c(N5CCCC(C)C5)nc(OC)nc4c3C)c12. The number of anilines is 1. The van der Waals surface area contributed by atoms with E-state index in [1.807, 2.05) is 0 Å². The molecule has 178 valence electrons. The number of aryl methyl sites for hydroxylation is 1. The smallest absolute Gasteiger partial charge is 0.349 e. The van der Waals surface area contributed by atoms with Gasteiger partial charge in [0.2, 0.25) is 0 Å². The van der Waals surface area contributed by atoms with Gasteiger partial charge in [0, 0.05) is 29.6 Å². The van der Waals surface area contributed by atoms with Crippen molar-refractivity contribution in [2.24, 2.45) is 5.92 Å². The lowest BCUT2D eigenvalue weighted by molar-refractivity contribution is 0.379. The Morgan fingerprint density at radius 1 is 1.29 bits per heavy atom. The number of aromatic hydroxyl groups is 1. The van der Waals surface area contributed by atoms with Gasteiger partial charge >= 0.3 is 11.6 Å². The van der Waals surface area contributed by atoms with Gasteiger partial charge in [-0.3, -0.25) is 0 Å². The van der Waals surface area contributed by atoms with Gasteiger partial charge in [-0.15, -0.1) is 6.42 Å². The molecule has 2 aromatic carbocycles. The van der Waals surface area contributed by atoms with Crippen LogP contribution in [0.25, 0.3) is 33.0 Å². The molecule has 1 aliphatic heterocycles. The molecule has 0 saturated carbocycles. The van der Waals surface area contributed by atoms with Crippen LogP contribution in [-0.2, 0) is 0 Å². The standard InChI is InChI=1S/C27H24FN3O4/c1-5-18-20(28)9-8-16-11-17(32)12-19(21(16)18)24-15(3)23-22(26(33)35-24)25(30-27(29-23)34-4)31-10-6-7-14(2)13-31/h1,8-9,11-12,14,32H,6-7,10,13H2,2-4H3. The third kappa shape index (κ3) is 3.73. The molecule has 0 aliphatic carbocycles. The fraction of sp³-hybridized carbons (Fsp3) is 0.296. The highest BCUT2D eigenvalue weighted by Crippen LogP contribution is 2.39. The Balaban J connectivity index is 1.85. The van der Waals surface area contributed by atoms with Crippen LogP contribution in [0, 0.1) is 31.0 Å². The van der Waals surface area contributed by atoms with Crippen LogP contribution >= 0.6 is 0 Å². The van der Waals surface area contributed by atoms with E-state index in [2.05, 4.69) is 27.7 Å². The van der Waals surface area contributed by atoms with E-state index < -0.39 is 11.4 Å². The van der Waals surface area contributed by atoms with Crippen LogP contribution in [0.3, 0.4) is 0 Å². The van der Waals surface area contributed by atoms with E-state index in [0.29, 0.717) is 39.2 Å². The highest BCUT2D eigenvalue weighted by Gasteiger charge is 2.26.